The summed E-state index contributed by atoms with van der Waals surface area (Å²) in [4.78, 5) is 15.5. The summed E-state index contributed by atoms with van der Waals surface area (Å²) in [6.45, 7) is 1.56. The van der Waals surface area contributed by atoms with E-state index in [0.29, 0.717) is 43.4 Å². The average Bonchev–Trinajstić information content (AvgIpc) is 2.80. The number of pyridine rings is 1. The Morgan fingerprint density at radius 1 is 1.29 bits per heavy atom. The Labute approximate surface area is 132 Å². The minimum absolute atomic E-state index is 0.0569. The van der Waals surface area contributed by atoms with Gasteiger partial charge in [0.25, 0.3) is 0 Å². The fourth-order valence-corrected chi connectivity index (χ4v) is 4.94. The largest absolute Gasteiger partial charge is 0.356 e. The summed E-state index contributed by atoms with van der Waals surface area (Å²) in [5, 5.41) is 2.85. The van der Waals surface area contributed by atoms with Crippen molar-refractivity contribution >= 4 is 31.9 Å². The molecule has 1 amide bonds. The van der Waals surface area contributed by atoms with Gasteiger partial charge in [0, 0.05) is 42.9 Å². The number of halogens is 1. The monoisotopic (exact) mass is 373 g/mol. The van der Waals surface area contributed by atoms with Crippen LogP contribution in [0.25, 0.3) is 0 Å². The molecule has 0 saturated carbocycles. The van der Waals surface area contributed by atoms with Gasteiger partial charge in [-0.1, -0.05) is 0 Å². The van der Waals surface area contributed by atoms with E-state index in [1.165, 1.54) is 10.5 Å². The summed E-state index contributed by atoms with van der Waals surface area (Å²) in [5.41, 5.74) is -0.0569. The molecule has 2 aliphatic rings. The SMILES string of the molecule is O=C1CC2(CCN(S(=O)(=O)c3cncc(Br)c3)CC2)CN1. The van der Waals surface area contributed by atoms with Gasteiger partial charge in [-0.3, -0.25) is 9.78 Å². The first kappa shape index (κ1) is 14.9. The number of carbonyl (C=O) groups is 1. The summed E-state index contributed by atoms with van der Waals surface area (Å²) < 4.78 is 27.3. The van der Waals surface area contributed by atoms with Crippen molar-refractivity contribution in [2.24, 2.45) is 5.41 Å². The van der Waals surface area contributed by atoms with Crippen molar-refractivity contribution in [2.75, 3.05) is 19.6 Å². The second kappa shape index (κ2) is 5.33. The van der Waals surface area contributed by atoms with Crippen molar-refractivity contribution in [2.45, 2.75) is 24.2 Å². The summed E-state index contributed by atoms with van der Waals surface area (Å²) in [6.07, 6.45) is 4.86. The third kappa shape index (κ3) is 2.84. The zero-order chi connectivity index (χ0) is 15.1. The van der Waals surface area contributed by atoms with Crippen LogP contribution in [0.1, 0.15) is 19.3 Å². The van der Waals surface area contributed by atoms with Crippen molar-refractivity contribution in [3.05, 3.63) is 22.9 Å². The number of carbonyl (C=O) groups excluding carboxylic acids is 1. The van der Waals surface area contributed by atoms with Gasteiger partial charge in [0.2, 0.25) is 15.9 Å². The number of nitrogens with zero attached hydrogens (tertiary/aromatic N) is 2. The third-order valence-electron chi connectivity index (χ3n) is 4.30. The van der Waals surface area contributed by atoms with E-state index in [1.807, 2.05) is 0 Å². The number of nitrogens with one attached hydrogen (secondary N) is 1. The lowest BCUT2D eigenvalue weighted by Crippen LogP contribution is -2.43. The Kier molecular flexibility index (Phi) is 3.79. The van der Waals surface area contributed by atoms with Crippen LogP contribution in [0.4, 0.5) is 0 Å². The van der Waals surface area contributed by atoms with Crippen molar-refractivity contribution in [1.82, 2.24) is 14.6 Å². The standard InChI is InChI=1S/C13H16BrN3O3S/c14-10-5-11(8-15-7-10)21(19,20)17-3-1-13(2-4-17)6-12(18)16-9-13/h5,7-8H,1-4,6,9H2,(H,16,18). The molecular weight excluding hydrogens is 358 g/mol. The topological polar surface area (TPSA) is 79.4 Å². The fraction of sp³-hybridized carbons (Fsp3) is 0.538. The van der Waals surface area contributed by atoms with Crippen LogP contribution in [-0.2, 0) is 14.8 Å². The van der Waals surface area contributed by atoms with Gasteiger partial charge in [0.15, 0.2) is 0 Å². The van der Waals surface area contributed by atoms with Crippen LogP contribution in [-0.4, -0.2) is 43.2 Å². The van der Waals surface area contributed by atoms with Crippen molar-refractivity contribution < 1.29 is 13.2 Å². The average molecular weight is 374 g/mol. The molecule has 21 heavy (non-hydrogen) atoms. The van der Waals surface area contributed by atoms with Crippen LogP contribution in [0.3, 0.4) is 0 Å². The Hall–Kier alpha value is -0.990. The molecular formula is C13H16BrN3O3S. The molecule has 2 aliphatic heterocycles. The summed E-state index contributed by atoms with van der Waals surface area (Å²) in [7, 11) is -3.51. The maximum atomic E-state index is 12.6. The Morgan fingerprint density at radius 3 is 2.57 bits per heavy atom. The van der Waals surface area contributed by atoms with E-state index >= 15 is 0 Å². The summed E-state index contributed by atoms with van der Waals surface area (Å²) in [6, 6.07) is 1.56. The van der Waals surface area contributed by atoms with Crippen LogP contribution >= 0.6 is 15.9 Å². The molecule has 0 aliphatic carbocycles. The lowest BCUT2D eigenvalue weighted by molar-refractivity contribution is -0.119. The van der Waals surface area contributed by atoms with Crippen LogP contribution in [0.2, 0.25) is 0 Å². The van der Waals surface area contributed by atoms with Gasteiger partial charge in [-0.15, -0.1) is 0 Å². The molecule has 3 heterocycles. The van der Waals surface area contributed by atoms with Gasteiger partial charge in [-0.05, 0) is 40.3 Å². The van der Waals surface area contributed by atoms with Crippen LogP contribution in [0.5, 0.6) is 0 Å². The van der Waals surface area contributed by atoms with Gasteiger partial charge < -0.3 is 5.32 Å². The number of piperidine rings is 1. The number of aromatic nitrogens is 1. The molecule has 0 bridgehead atoms. The molecule has 3 rings (SSSR count). The predicted molar refractivity (Wildman–Crippen MR) is 80.0 cm³/mol. The molecule has 114 valence electrons. The van der Waals surface area contributed by atoms with E-state index in [1.54, 1.807) is 12.3 Å². The number of rotatable bonds is 2. The number of hydrogen-bond acceptors (Lipinski definition) is 4. The molecule has 1 aromatic heterocycles. The van der Waals surface area contributed by atoms with E-state index in [9.17, 15) is 13.2 Å². The first-order valence-corrected chi connectivity index (χ1v) is 9.02. The Bertz CT molecular complexity index is 669. The van der Waals surface area contributed by atoms with E-state index < -0.39 is 10.0 Å². The number of sulfonamides is 1. The molecule has 0 unspecified atom stereocenters. The molecule has 0 atom stereocenters. The molecule has 2 fully saturated rings. The molecule has 0 aromatic carbocycles. The van der Waals surface area contributed by atoms with E-state index in [2.05, 4.69) is 26.2 Å². The first-order chi connectivity index (χ1) is 9.91. The lowest BCUT2D eigenvalue weighted by atomic mass is 9.78. The van der Waals surface area contributed by atoms with Gasteiger partial charge in [0.05, 0.1) is 0 Å². The van der Waals surface area contributed by atoms with Crippen LogP contribution in [0, 0.1) is 5.41 Å². The molecule has 8 heteroatoms. The smallest absolute Gasteiger partial charge is 0.244 e. The molecule has 1 spiro atoms. The third-order valence-corrected chi connectivity index (χ3v) is 6.59. The van der Waals surface area contributed by atoms with Crippen LogP contribution < -0.4 is 5.32 Å². The zero-order valence-electron chi connectivity index (χ0n) is 11.4. The molecule has 0 radical (unpaired) electrons. The van der Waals surface area contributed by atoms with Crippen molar-refractivity contribution in [3.8, 4) is 0 Å². The van der Waals surface area contributed by atoms with E-state index in [4.69, 9.17) is 0 Å². The number of hydrogen-bond donors (Lipinski definition) is 1. The lowest BCUT2D eigenvalue weighted by Gasteiger charge is -2.37. The van der Waals surface area contributed by atoms with Crippen molar-refractivity contribution in [3.63, 3.8) is 0 Å². The molecule has 1 N–H and O–H groups in total. The van der Waals surface area contributed by atoms with Crippen LogP contribution in [0.15, 0.2) is 27.8 Å². The quantitative estimate of drug-likeness (QED) is 0.842. The van der Waals surface area contributed by atoms with Crippen molar-refractivity contribution in [1.29, 1.82) is 0 Å². The maximum absolute atomic E-state index is 12.6. The number of amides is 1. The summed E-state index contributed by atoms with van der Waals surface area (Å²) >= 11 is 3.24. The highest BCUT2D eigenvalue weighted by atomic mass is 79.9. The normalized spacial score (nSPS) is 22.4. The van der Waals surface area contributed by atoms with Gasteiger partial charge in [-0.2, -0.15) is 4.31 Å². The second-order valence-corrected chi connectivity index (χ2v) is 8.55. The minimum atomic E-state index is -3.51. The fourth-order valence-electron chi connectivity index (χ4n) is 2.99. The highest BCUT2D eigenvalue weighted by Crippen LogP contribution is 2.38. The van der Waals surface area contributed by atoms with Gasteiger partial charge in [-0.25, -0.2) is 8.42 Å². The predicted octanol–water partition coefficient (Wildman–Crippen LogP) is 1.13. The first-order valence-electron chi connectivity index (χ1n) is 6.79. The molecule has 1 aromatic rings. The molecule has 6 nitrogen and oxygen atoms in total. The highest BCUT2D eigenvalue weighted by molar-refractivity contribution is 9.10. The van der Waals surface area contributed by atoms with Gasteiger partial charge >= 0.3 is 0 Å². The minimum Gasteiger partial charge on any atom is -0.356 e. The maximum Gasteiger partial charge on any atom is 0.244 e. The zero-order valence-corrected chi connectivity index (χ0v) is 13.8. The highest BCUT2D eigenvalue weighted by Gasteiger charge is 2.43. The van der Waals surface area contributed by atoms with E-state index in [0.717, 1.165) is 0 Å². The second-order valence-electron chi connectivity index (χ2n) is 5.70. The Balaban J connectivity index is 1.76. The summed E-state index contributed by atoms with van der Waals surface area (Å²) in [5.74, 6) is 0.0718. The van der Waals surface area contributed by atoms with Gasteiger partial charge in [0.1, 0.15) is 4.90 Å². The molecule has 2 saturated heterocycles. The Morgan fingerprint density at radius 2 is 2.00 bits per heavy atom. The van der Waals surface area contributed by atoms with E-state index in [-0.39, 0.29) is 16.2 Å².